The van der Waals surface area contributed by atoms with E-state index in [1.54, 1.807) is 7.11 Å². The highest BCUT2D eigenvalue weighted by Gasteiger charge is 2.47. The van der Waals surface area contributed by atoms with Crippen molar-refractivity contribution in [3.63, 3.8) is 0 Å². The molecule has 4 rings (SSSR count). The third kappa shape index (κ3) is 6.95. The fraction of sp³-hybridized carbons (Fsp3) is 0.588. The van der Waals surface area contributed by atoms with Crippen LogP contribution in [0.3, 0.4) is 0 Å². The van der Waals surface area contributed by atoms with Crippen molar-refractivity contribution in [2.45, 2.75) is 102 Å². The summed E-state index contributed by atoms with van der Waals surface area (Å²) in [7, 11) is 1.78. The molecule has 3 atom stereocenters. The molecule has 6 nitrogen and oxygen atoms in total. The summed E-state index contributed by atoms with van der Waals surface area (Å²) in [4.78, 5) is 25.4. The third-order valence-electron chi connectivity index (χ3n) is 9.64. The average Bonchev–Trinajstić information content (AvgIpc) is 2.99. The number of nitrogens with one attached hydrogen (secondary N) is 1. The Morgan fingerprint density at radius 1 is 1.05 bits per heavy atom. The lowest BCUT2D eigenvalue weighted by Gasteiger charge is -2.49. The largest absolute Gasteiger partial charge is 0.461 e. The number of methoxy groups -OCH3 is 1. The van der Waals surface area contributed by atoms with E-state index in [-0.39, 0.29) is 29.4 Å². The van der Waals surface area contributed by atoms with Crippen molar-refractivity contribution in [2.75, 3.05) is 13.7 Å². The SMILES string of the molecule is CCC1(CC)c2cc(C(N)=O)ccc2C[C@H](OC)[C@H]1NCCC(CC1CCCCC1)C(=O)OCc1ccccc1. The zero-order valence-electron chi connectivity index (χ0n) is 24.6. The van der Waals surface area contributed by atoms with Gasteiger partial charge in [0.2, 0.25) is 5.91 Å². The monoisotopic (exact) mass is 548 g/mol. The first-order chi connectivity index (χ1) is 19.4. The first-order valence-electron chi connectivity index (χ1n) is 15.3. The van der Waals surface area contributed by atoms with E-state index < -0.39 is 5.91 Å². The Labute approximate surface area is 240 Å². The smallest absolute Gasteiger partial charge is 0.309 e. The highest BCUT2D eigenvalue weighted by Crippen LogP contribution is 2.44. The minimum atomic E-state index is -0.401. The van der Waals surface area contributed by atoms with E-state index in [1.165, 1.54) is 43.2 Å². The van der Waals surface area contributed by atoms with E-state index in [2.05, 4.69) is 19.2 Å². The van der Waals surface area contributed by atoms with Crippen LogP contribution in [0.1, 0.15) is 98.7 Å². The molecular weight excluding hydrogens is 500 g/mol. The number of amides is 1. The highest BCUT2D eigenvalue weighted by molar-refractivity contribution is 5.93. The second-order valence-corrected chi connectivity index (χ2v) is 11.8. The summed E-state index contributed by atoms with van der Waals surface area (Å²) in [5.74, 6) is -0.0251. The Hall–Kier alpha value is -2.70. The van der Waals surface area contributed by atoms with Crippen molar-refractivity contribution in [2.24, 2.45) is 17.6 Å². The number of hydrogen-bond acceptors (Lipinski definition) is 5. The highest BCUT2D eigenvalue weighted by atomic mass is 16.5. The van der Waals surface area contributed by atoms with E-state index in [4.69, 9.17) is 15.2 Å². The van der Waals surface area contributed by atoms with Crippen LogP contribution in [0.5, 0.6) is 0 Å². The van der Waals surface area contributed by atoms with Gasteiger partial charge in [0.05, 0.1) is 12.0 Å². The van der Waals surface area contributed by atoms with Crippen molar-refractivity contribution in [1.29, 1.82) is 0 Å². The number of rotatable bonds is 13. The Balaban J connectivity index is 1.50. The van der Waals surface area contributed by atoms with Gasteiger partial charge < -0.3 is 20.5 Å². The van der Waals surface area contributed by atoms with Gasteiger partial charge in [-0.25, -0.2) is 0 Å². The standard InChI is InChI=1S/C34H48N2O4/c1-4-34(5-2)29-21-27(32(35)37)17-16-26(29)22-30(39-3)31(34)36-19-18-28(20-24-12-8-6-9-13-24)33(38)40-23-25-14-10-7-11-15-25/h7,10-11,14-17,21,24,28,30-31,36H,4-6,8-9,12-13,18-20,22-23H2,1-3H3,(H2,35,37)/t28?,30-,31+/m0/s1. The summed E-state index contributed by atoms with van der Waals surface area (Å²) < 4.78 is 11.9. The van der Waals surface area contributed by atoms with E-state index in [0.29, 0.717) is 24.6 Å². The van der Waals surface area contributed by atoms with Gasteiger partial charge in [0.25, 0.3) is 0 Å². The number of carbonyl (C=O) groups excluding carboxylic acids is 2. The molecule has 1 unspecified atom stereocenters. The van der Waals surface area contributed by atoms with Crippen LogP contribution in [0.25, 0.3) is 0 Å². The molecule has 1 saturated carbocycles. The fourth-order valence-corrected chi connectivity index (χ4v) is 7.26. The maximum atomic E-state index is 13.4. The molecule has 2 aliphatic rings. The van der Waals surface area contributed by atoms with Crippen LogP contribution in [-0.2, 0) is 32.7 Å². The second kappa shape index (κ2) is 14.3. The van der Waals surface area contributed by atoms with Crippen LogP contribution in [0.15, 0.2) is 48.5 Å². The zero-order chi connectivity index (χ0) is 28.5. The summed E-state index contributed by atoms with van der Waals surface area (Å²) >= 11 is 0. The fourth-order valence-electron chi connectivity index (χ4n) is 7.26. The lowest BCUT2D eigenvalue weighted by Crippen LogP contribution is -2.59. The van der Waals surface area contributed by atoms with E-state index >= 15 is 0 Å². The van der Waals surface area contributed by atoms with Crippen LogP contribution >= 0.6 is 0 Å². The maximum Gasteiger partial charge on any atom is 0.309 e. The van der Waals surface area contributed by atoms with Crippen molar-refractivity contribution in [1.82, 2.24) is 5.32 Å². The molecule has 0 bridgehead atoms. The number of benzene rings is 2. The molecule has 6 heteroatoms. The minimum Gasteiger partial charge on any atom is -0.461 e. The van der Waals surface area contributed by atoms with Gasteiger partial charge in [0.15, 0.2) is 0 Å². The van der Waals surface area contributed by atoms with Crippen molar-refractivity contribution >= 4 is 11.9 Å². The molecule has 2 aromatic carbocycles. The molecule has 0 heterocycles. The van der Waals surface area contributed by atoms with E-state index in [0.717, 1.165) is 37.7 Å². The summed E-state index contributed by atoms with van der Waals surface area (Å²) in [6.07, 6.45) is 10.4. The van der Waals surface area contributed by atoms with E-state index in [1.807, 2.05) is 48.5 Å². The summed E-state index contributed by atoms with van der Waals surface area (Å²) in [5, 5.41) is 3.85. The molecule has 218 valence electrons. The van der Waals surface area contributed by atoms with Gasteiger partial charge >= 0.3 is 5.97 Å². The molecular formula is C34H48N2O4. The number of hydrogen-bond donors (Lipinski definition) is 2. The van der Waals surface area contributed by atoms with Crippen LogP contribution in [0, 0.1) is 11.8 Å². The Bertz CT molecular complexity index is 1110. The molecule has 3 N–H and O–H groups in total. The van der Waals surface area contributed by atoms with Gasteiger partial charge in [0, 0.05) is 30.6 Å². The Kier molecular flexibility index (Phi) is 10.8. The summed E-state index contributed by atoms with van der Waals surface area (Å²) in [6.45, 7) is 5.44. The molecule has 1 amide bonds. The molecule has 0 radical (unpaired) electrons. The molecule has 0 spiro atoms. The van der Waals surface area contributed by atoms with Gasteiger partial charge in [-0.1, -0.05) is 82.3 Å². The molecule has 2 aliphatic carbocycles. The number of carbonyl (C=O) groups is 2. The molecule has 40 heavy (non-hydrogen) atoms. The second-order valence-electron chi connectivity index (χ2n) is 11.8. The van der Waals surface area contributed by atoms with Crippen molar-refractivity contribution in [3.8, 4) is 0 Å². The zero-order valence-corrected chi connectivity index (χ0v) is 24.6. The number of ether oxygens (including phenoxy) is 2. The minimum absolute atomic E-state index is 0.00588. The van der Waals surface area contributed by atoms with Crippen molar-refractivity contribution in [3.05, 3.63) is 70.8 Å². The molecule has 1 fully saturated rings. The number of primary amides is 1. The van der Waals surface area contributed by atoms with Crippen LogP contribution in [0.2, 0.25) is 0 Å². The maximum absolute atomic E-state index is 13.4. The van der Waals surface area contributed by atoms with Gasteiger partial charge in [-0.2, -0.15) is 0 Å². The quantitative estimate of drug-likeness (QED) is 0.296. The van der Waals surface area contributed by atoms with Gasteiger partial charge in [0.1, 0.15) is 6.61 Å². The summed E-state index contributed by atoms with van der Waals surface area (Å²) in [6, 6.07) is 15.8. The first kappa shape index (κ1) is 30.3. The number of nitrogens with two attached hydrogens (primary N) is 1. The molecule has 0 saturated heterocycles. The van der Waals surface area contributed by atoms with Crippen LogP contribution < -0.4 is 11.1 Å². The van der Waals surface area contributed by atoms with Gasteiger partial charge in [-0.05, 0) is 67.0 Å². The summed E-state index contributed by atoms with van der Waals surface area (Å²) in [5.41, 5.74) is 9.44. The predicted molar refractivity (Wildman–Crippen MR) is 159 cm³/mol. The third-order valence-corrected chi connectivity index (χ3v) is 9.64. The Morgan fingerprint density at radius 3 is 2.42 bits per heavy atom. The van der Waals surface area contributed by atoms with Crippen molar-refractivity contribution < 1.29 is 19.1 Å². The number of fused-ring (bicyclic) bond motifs is 1. The van der Waals surface area contributed by atoms with E-state index in [9.17, 15) is 9.59 Å². The average molecular weight is 549 g/mol. The lowest BCUT2D eigenvalue weighted by atomic mass is 9.62. The van der Waals surface area contributed by atoms with Gasteiger partial charge in [-0.15, -0.1) is 0 Å². The lowest BCUT2D eigenvalue weighted by molar-refractivity contribution is -0.151. The predicted octanol–water partition coefficient (Wildman–Crippen LogP) is 6.09. The normalized spacial score (nSPS) is 21.4. The molecule has 0 aliphatic heterocycles. The number of esters is 1. The first-order valence-corrected chi connectivity index (χ1v) is 15.3. The molecule has 2 aromatic rings. The van der Waals surface area contributed by atoms with Crippen LogP contribution in [-0.4, -0.2) is 37.7 Å². The van der Waals surface area contributed by atoms with Gasteiger partial charge in [-0.3, -0.25) is 9.59 Å². The van der Waals surface area contributed by atoms with Crippen LogP contribution in [0.4, 0.5) is 0 Å². The Morgan fingerprint density at radius 2 is 1.77 bits per heavy atom. The topological polar surface area (TPSA) is 90.7 Å². The molecule has 0 aromatic heterocycles.